The Hall–Kier alpha value is -4.04. The molecule has 7 nitrogen and oxygen atoms in total. The smallest absolute Gasteiger partial charge is 0.415 e. The second-order valence-corrected chi connectivity index (χ2v) is 11.3. The van der Waals surface area contributed by atoms with Crippen LogP contribution in [0.25, 0.3) is 16.7 Å². The van der Waals surface area contributed by atoms with E-state index in [4.69, 9.17) is 14.2 Å². The van der Waals surface area contributed by atoms with Gasteiger partial charge in [-0.05, 0) is 81.5 Å². The van der Waals surface area contributed by atoms with Gasteiger partial charge < -0.3 is 29.5 Å². The van der Waals surface area contributed by atoms with Crippen LogP contribution in [0.3, 0.4) is 0 Å². The molecule has 5 rings (SSSR count). The number of anilines is 1. The zero-order valence-corrected chi connectivity index (χ0v) is 24.2. The number of hydrogen-bond donors (Lipinski definition) is 2. The fraction of sp³-hybridized carbons (Fsp3) is 0.364. The molecule has 3 aromatic rings. The van der Waals surface area contributed by atoms with Crippen molar-refractivity contribution < 1.29 is 28.5 Å². The number of nitrogens with one attached hydrogen (secondary N) is 1. The summed E-state index contributed by atoms with van der Waals surface area (Å²) in [4.78, 5) is 14.3. The van der Waals surface area contributed by atoms with E-state index in [2.05, 4.69) is 38.2 Å². The van der Waals surface area contributed by atoms with Gasteiger partial charge in [-0.25, -0.2) is 9.18 Å². The second-order valence-electron chi connectivity index (χ2n) is 11.3. The molecular weight excluding hydrogens is 523 g/mol. The molecule has 8 heteroatoms. The van der Waals surface area contributed by atoms with E-state index in [0.29, 0.717) is 43.2 Å². The molecule has 2 N–H and O–H groups in total. The summed E-state index contributed by atoms with van der Waals surface area (Å²) in [5.41, 5.74) is 6.39. The van der Waals surface area contributed by atoms with E-state index in [1.807, 2.05) is 19.1 Å². The maximum atomic E-state index is 14.0. The van der Waals surface area contributed by atoms with E-state index in [0.717, 1.165) is 39.1 Å². The highest BCUT2D eigenvalue weighted by molar-refractivity contribution is 5.88. The summed E-state index contributed by atoms with van der Waals surface area (Å²) >= 11 is 0. The van der Waals surface area contributed by atoms with Gasteiger partial charge in [-0.15, -0.1) is 0 Å². The van der Waals surface area contributed by atoms with Crippen LogP contribution in [0.4, 0.5) is 14.9 Å². The highest BCUT2D eigenvalue weighted by Gasteiger charge is 2.28. The topological polar surface area (TPSA) is 80.3 Å². The molecule has 41 heavy (non-hydrogen) atoms. The average molecular weight is 561 g/mol. The lowest BCUT2D eigenvalue weighted by Gasteiger charge is -2.33. The van der Waals surface area contributed by atoms with E-state index < -0.39 is 6.09 Å². The summed E-state index contributed by atoms with van der Waals surface area (Å²) < 4.78 is 31.7. The standard InChI is InChI=1S/C33H37FN2O5/c1-20-6-7-22(34)16-29(20)40-19-27-25(10-11-28-31(27)21(2)18-33(3,4)35-28)26-9-8-24(17-30(26)39-5)41-32(38)36-14-12-23(37)13-15-36/h6-11,16-18,23,35,37H,12-15,19H2,1-5H3. The Morgan fingerprint density at radius 2 is 1.78 bits per heavy atom. The van der Waals surface area contributed by atoms with Crippen LogP contribution in [0.15, 0.2) is 54.6 Å². The lowest BCUT2D eigenvalue weighted by molar-refractivity contribution is 0.0797. The molecular formula is C33H37FN2O5. The minimum absolute atomic E-state index is 0.205. The molecule has 2 heterocycles. The van der Waals surface area contributed by atoms with Gasteiger partial charge in [0.15, 0.2) is 0 Å². The van der Waals surface area contributed by atoms with Crippen molar-refractivity contribution in [2.24, 2.45) is 0 Å². The zero-order valence-electron chi connectivity index (χ0n) is 24.2. The molecule has 0 radical (unpaired) electrons. The summed E-state index contributed by atoms with van der Waals surface area (Å²) in [6, 6.07) is 13.9. The Morgan fingerprint density at radius 1 is 1.05 bits per heavy atom. The van der Waals surface area contributed by atoms with E-state index in [1.165, 1.54) is 12.1 Å². The number of allylic oxidation sites excluding steroid dienone is 1. The monoisotopic (exact) mass is 560 g/mol. The van der Waals surface area contributed by atoms with Crippen molar-refractivity contribution >= 4 is 17.4 Å². The summed E-state index contributed by atoms with van der Waals surface area (Å²) in [5.74, 6) is 1.04. The van der Waals surface area contributed by atoms with Gasteiger partial charge in [0.25, 0.3) is 0 Å². The number of aliphatic hydroxyl groups is 1. The molecule has 0 atom stereocenters. The second kappa shape index (κ2) is 11.4. The third kappa shape index (κ3) is 6.17. The Morgan fingerprint density at radius 3 is 2.51 bits per heavy atom. The van der Waals surface area contributed by atoms with Gasteiger partial charge in [0, 0.05) is 47.6 Å². The number of aryl methyl sites for hydroxylation is 1. The van der Waals surface area contributed by atoms with Gasteiger partial charge in [-0.1, -0.05) is 18.2 Å². The van der Waals surface area contributed by atoms with Crippen molar-refractivity contribution in [1.82, 2.24) is 4.90 Å². The molecule has 0 aliphatic carbocycles. The molecule has 0 saturated carbocycles. The number of fused-ring (bicyclic) bond motifs is 1. The first kappa shape index (κ1) is 28.5. The molecule has 1 saturated heterocycles. The Kier molecular flexibility index (Phi) is 7.95. The maximum absolute atomic E-state index is 14.0. The summed E-state index contributed by atoms with van der Waals surface area (Å²) in [6.07, 6.45) is 2.44. The van der Waals surface area contributed by atoms with Crippen LogP contribution < -0.4 is 19.5 Å². The largest absolute Gasteiger partial charge is 0.496 e. The molecule has 216 valence electrons. The van der Waals surface area contributed by atoms with Crippen LogP contribution in [0.2, 0.25) is 0 Å². The number of hydrogen-bond acceptors (Lipinski definition) is 6. The molecule has 3 aromatic carbocycles. The lowest BCUT2D eigenvalue weighted by atomic mass is 9.85. The zero-order chi connectivity index (χ0) is 29.3. The Bertz CT molecular complexity index is 1490. The molecule has 0 bridgehead atoms. The van der Waals surface area contributed by atoms with E-state index in [-0.39, 0.29) is 24.1 Å². The maximum Gasteiger partial charge on any atom is 0.415 e. The van der Waals surface area contributed by atoms with E-state index in [1.54, 1.807) is 30.2 Å². The molecule has 0 aromatic heterocycles. The number of aliphatic hydroxyl groups excluding tert-OH is 1. The number of carbonyl (C=O) groups is 1. The normalized spacial score (nSPS) is 16.4. The van der Waals surface area contributed by atoms with Crippen molar-refractivity contribution in [3.8, 4) is 28.4 Å². The van der Waals surface area contributed by atoms with Crippen molar-refractivity contribution in [2.45, 2.75) is 58.8 Å². The highest BCUT2D eigenvalue weighted by atomic mass is 19.1. The van der Waals surface area contributed by atoms with Gasteiger partial charge in [0.05, 0.1) is 18.8 Å². The number of benzene rings is 3. The van der Waals surface area contributed by atoms with Gasteiger partial charge in [0.1, 0.15) is 29.7 Å². The van der Waals surface area contributed by atoms with Gasteiger partial charge >= 0.3 is 6.09 Å². The highest BCUT2D eigenvalue weighted by Crippen LogP contribution is 2.43. The number of nitrogens with zero attached hydrogens (tertiary/aromatic N) is 1. The van der Waals surface area contributed by atoms with Crippen LogP contribution >= 0.6 is 0 Å². The minimum atomic E-state index is -0.450. The number of halogens is 1. The molecule has 1 amide bonds. The predicted molar refractivity (Wildman–Crippen MR) is 158 cm³/mol. The molecule has 2 aliphatic rings. The number of carbonyl (C=O) groups excluding carboxylic acids is 1. The summed E-state index contributed by atoms with van der Waals surface area (Å²) in [6.45, 7) is 9.33. The summed E-state index contributed by atoms with van der Waals surface area (Å²) in [5, 5.41) is 13.3. The van der Waals surface area contributed by atoms with Gasteiger partial charge in [0.2, 0.25) is 0 Å². The molecule has 0 unspecified atom stereocenters. The Balaban J connectivity index is 1.51. The number of methoxy groups -OCH3 is 1. The van der Waals surface area contributed by atoms with Crippen LogP contribution in [0, 0.1) is 12.7 Å². The van der Waals surface area contributed by atoms with Gasteiger partial charge in [-0.2, -0.15) is 0 Å². The summed E-state index contributed by atoms with van der Waals surface area (Å²) in [7, 11) is 1.58. The number of rotatable bonds is 6. The first-order valence-corrected chi connectivity index (χ1v) is 13.9. The number of piperidine rings is 1. The number of likely N-dealkylation sites (tertiary alicyclic amines) is 1. The average Bonchev–Trinajstić information content (AvgIpc) is 2.93. The van der Waals surface area contributed by atoms with Crippen LogP contribution in [-0.4, -0.2) is 47.9 Å². The van der Waals surface area contributed by atoms with Crippen LogP contribution in [0.5, 0.6) is 17.2 Å². The van der Waals surface area contributed by atoms with Crippen LogP contribution in [0.1, 0.15) is 50.3 Å². The van der Waals surface area contributed by atoms with Crippen molar-refractivity contribution in [3.63, 3.8) is 0 Å². The quantitative estimate of drug-likeness (QED) is 0.340. The van der Waals surface area contributed by atoms with E-state index in [9.17, 15) is 14.3 Å². The number of ether oxygens (including phenoxy) is 3. The predicted octanol–water partition coefficient (Wildman–Crippen LogP) is 6.95. The van der Waals surface area contributed by atoms with Crippen molar-refractivity contribution in [1.29, 1.82) is 0 Å². The Labute approximate surface area is 240 Å². The third-order valence-corrected chi connectivity index (χ3v) is 7.65. The SMILES string of the molecule is COc1cc(OC(=O)N2CCC(O)CC2)ccc1-c1ccc2c(c1COc1cc(F)ccc1C)C(C)=CC(C)(C)N2. The minimum Gasteiger partial charge on any atom is -0.496 e. The molecule has 1 fully saturated rings. The van der Waals surface area contributed by atoms with Crippen molar-refractivity contribution in [3.05, 3.63) is 77.1 Å². The van der Waals surface area contributed by atoms with Crippen molar-refractivity contribution in [2.75, 3.05) is 25.5 Å². The molecule has 2 aliphatic heterocycles. The first-order chi connectivity index (χ1) is 19.5. The fourth-order valence-electron chi connectivity index (χ4n) is 5.65. The third-order valence-electron chi connectivity index (χ3n) is 7.65. The lowest BCUT2D eigenvalue weighted by Crippen LogP contribution is -2.41. The fourth-order valence-corrected chi connectivity index (χ4v) is 5.65. The molecule has 0 spiro atoms. The van der Waals surface area contributed by atoms with Gasteiger partial charge in [-0.3, -0.25) is 0 Å². The first-order valence-electron chi connectivity index (χ1n) is 13.9. The number of amides is 1. The van der Waals surface area contributed by atoms with Crippen LogP contribution in [-0.2, 0) is 6.61 Å². The van der Waals surface area contributed by atoms with E-state index >= 15 is 0 Å².